The van der Waals surface area contributed by atoms with E-state index in [-0.39, 0.29) is 209 Å². The number of halogens is 13. The molecule has 0 aliphatic carbocycles. The summed E-state index contributed by atoms with van der Waals surface area (Å²) in [5.74, 6) is -1.41. The second-order valence-electron chi connectivity index (χ2n) is 13.6. The molecule has 0 N–H and O–H groups in total. The van der Waals surface area contributed by atoms with E-state index >= 15 is 0 Å². The van der Waals surface area contributed by atoms with Crippen LogP contribution in [0.2, 0.25) is 0 Å². The van der Waals surface area contributed by atoms with Gasteiger partial charge in [-0.05, 0) is 121 Å². The SMILES string of the molecule is Brc1cccs1.C.C.C.C1CCOC1.C1CCOC1.C=CC(OC(C)=O)c1cccs1.C=CC([O-])c1cccs1.C=CC=O.C=CC=O.CC(=O)OC(C)=O.II.II.II.I[I-]I.O=Cc1cccs1.[Br-].[CH-]=C.[CH2-]CCC.[Cl-].[Cl-].[H-].[H-].[Li+].[Li+].[Mg+2].[Mg+2].[Mg+2].[Mg+2].[c-]1cccs1.[c-]1cccs1.c1ccsc1. The molecule has 101 heavy (non-hydrogen) atoms. The van der Waals surface area contributed by atoms with Crippen molar-refractivity contribution in [3.8, 4) is 0 Å². The first kappa shape index (κ1) is 163. The maximum absolute atomic E-state index is 10.9. The van der Waals surface area contributed by atoms with Gasteiger partial charge >= 0.3 is 198 Å². The molecule has 0 amide bonds. The zero-order chi connectivity index (χ0) is 69.7. The van der Waals surface area contributed by atoms with Crippen molar-refractivity contribution in [2.45, 2.75) is 101 Å². The Bertz CT molecular complexity index is 2250. The average molecular weight is 2740 g/mol. The first-order valence-electron chi connectivity index (χ1n) is 24.8. The van der Waals surface area contributed by atoms with Gasteiger partial charge in [-0.3, -0.25) is 35.3 Å². The number of allylic oxidation sites excluding steroid dienone is 2. The predicted molar refractivity (Wildman–Crippen MR) is 501 cm³/mol. The van der Waals surface area contributed by atoms with Crippen LogP contribution in [-0.2, 0) is 42.9 Å². The van der Waals surface area contributed by atoms with E-state index in [9.17, 15) is 24.3 Å². The van der Waals surface area contributed by atoms with Crippen molar-refractivity contribution >= 4 is 373 Å². The van der Waals surface area contributed by atoms with Crippen LogP contribution in [0.1, 0.15) is 123 Å². The van der Waals surface area contributed by atoms with Crippen molar-refractivity contribution < 1.29 is 148 Å². The van der Waals surface area contributed by atoms with Crippen molar-refractivity contribution in [2.75, 3.05) is 26.4 Å². The van der Waals surface area contributed by atoms with Gasteiger partial charge in [0.05, 0.1) is 8.66 Å². The third-order valence-electron chi connectivity index (χ3n) is 7.19. The maximum atomic E-state index is 10.9. The summed E-state index contributed by atoms with van der Waals surface area (Å²) >= 11 is 32.4. The Kier molecular flexibility index (Phi) is 256. The summed E-state index contributed by atoms with van der Waals surface area (Å²) in [6.07, 6.45) is 13.9. The predicted octanol–water partition coefficient (Wildman–Crippen LogP) is 7.17. The molecule has 0 radical (unpaired) electrons. The summed E-state index contributed by atoms with van der Waals surface area (Å²) in [4.78, 5) is 60.9. The van der Waals surface area contributed by atoms with Crippen molar-refractivity contribution in [3.63, 3.8) is 0 Å². The van der Waals surface area contributed by atoms with Gasteiger partial charge < -0.3 is 105 Å². The largest absolute Gasteiger partial charge is 2.00 e. The summed E-state index contributed by atoms with van der Waals surface area (Å²) in [6, 6.07) is 26.9. The zero-order valence-corrected chi connectivity index (χ0v) is 90.9. The Morgan fingerprint density at radius 3 is 1.10 bits per heavy atom. The van der Waals surface area contributed by atoms with Gasteiger partial charge in [-0.2, -0.15) is 40.7 Å². The first-order valence-corrected chi connectivity index (χ1v) is 63.2. The second kappa shape index (κ2) is 158. The molecule has 0 saturated carbocycles. The minimum Gasteiger partial charge on any atom is -1.00 e. The van der Waals surface area contributed by atoms with E-state index in [0.717, 1.165) is 53.8 Å². The summed E-state index contributed by atoms with van der Waals surface area (Å²) in [7, 11) is 0. The fourth-order valence-corrected chi connectivity index (χ4v) is 8.02. The van der Waals surface area contributed by atoms with Gasteiger partial charge in [0, 0.05) is 164 Å². The van der Waals surface area contributed by atoms with Crippen molar-refractivity contribution in [2.24, 2.45) is 0 Å². The first-order chi connectivity index (χ1) is 43.2. The Morgan fingerprint density at radius 2 is 0.960 bits per heavy atom. The molecule has 2 saturated heterocycles. The fourth-order valence-electron chi connectivity index (χ4n) is 3.88. The van der Waals surface area contributed by atoms with E-state index < -0.39 is 18.0 Å². The third-order valence-corrected chi connectivity index (χ3v) is 13.1. The van der Waals surface area contributed by atoms with E-state index in [1.165, 1.54) is 97.6 Å². The molecule has 7 aromatic rings. The number of hydrogen-bond acceptors (Lipinski definition) is 18. The van der Waals surface area contributed by atoms with Crippen LogP contribution >= 0.6 is 244 Å². The zero-order valence-electron chi connectivity index (χ0n) is 57.4. The molecule has 11 nitrogen and oxygen atoms in total. The molecule has 7 aromatic heterocycles. The van der Waals surface area contributed by atoms with E-state index in [1.807, 2.05) is 122 Å². The summed E-state index contributed by atoms with van der Waals surface area (Å²) in [6.45, 7) is 33.7. The summed E-state index contributed by atoms with van der Waals surface area (Å²) in [5.41, 5.74) is 0. The number of carbonyl (C=O) groups excluding carboxylic acids is 6. The molecular formula is C64H90Br2Cl2I9Li2Mg4O11S7-. The van der Waals surface area contributed by atoms with Gasteiger partial charge in [-0.1, -0.05) is 97.9 Å². The average Bonchev–Trinajstić information content (AvgIpc) is 1.83. The van der Waals surface area contributed by atoms with Gasteiger partial charge in [0.1, 0.15) is 12.6 Å². The number of unbranched alkanes of at least 4 members (excludes halogenated alkanes) is 1. The number of aldehydes is 3. The molecule has 2 atom stereocenters. The van der Waals surface area contributed by atoms with E-state index in [2.05, 4.69) is 234 Å². The van der Waals surface area contributed by atoms with Crippen LogP contribution in [0.4, 0.5) is 0 Å². The Hall–Kier alpha value is 6.47. The number of carbonyl (C=O) groups is 6. The second-order valence-corrected chi connectivity index (χ2v) is 37.4. The molecule has 37 heteroatoms. The molecule has 2 aliphatic rings. The molecular weight excluding hydrogens is 2650 g/mol. The van der Waals surface area contributed by atoms with Crippen LogP contribution < -0.4 is 97.9 Å². The minimum atomic E-state index is -0.731. The molecule has 2 aliphatic heterocycles. The van der Waals surface area contributed by atoms with Crippen molar-refractivity contribution in [3.05, 3.63) is 228 Å². The monoisotopic (exact) mass is 2740 g/mol. The fraction of sp³-hybridized carbons (Fsp3) is 0.297. The number of rotatable bonds is 9. The number of esters is 3. The Balaban J connectivity index is -0.0000000316. The van der Waals surface area contributed by atoms with E-state index in [1.54, 1.807) is 68.8 Å². The van der Waals surface area contributed by atoms with Crippen LogP contribution in [0.25, 0.3) is 0 Å². The van der Waals surface area contributed by atoms with Gasteiger partial charge in [0.15, 0.2) is 12.4 Å². The third kappa shape index (κ3) is 163. The summed E-state index contributed by atoms with van der Waals surface area (Å²) < 4.78 is 20.1. The minimum absolute atomic E-state index is 0. The van der Waals surface area contributed by atoms with Crippen LogP contribution in [0.15, 0.2) is 189 Å². The quantitative estimate of drug-likeness (QED) is 0.0211. The molecule has 0 bridgehead atoms. The smallest absolute Gasteiger partial charge is 1.00 e. The van der Waals surface area contributed by atoms with Crippen LogP contribution in [0.3, 0.4) is 0 Å². The molecule has 0 spiro atoms. The van der Waals surface area contributed by atoms with E-state index in [0.29, 0.717) is 25.8 Å². The van der Waals surface area contributed by atoms with Crippen molar-refractivity contribution in [1.29, 1.82) is 0 Å². The standard InChI is InChI=1S/C9H10O2S.C7H7OS.C5H4OS.C4H3BrS.C4H6O3.2C4H8O.C4H4S.2C4H3S.C4H9.2C3H4O.C2H3.3CH4.BrH.2ClH.I3.3I2.2Li.4Mg.2H/c1-3-8(11-7(2)10)9-5-4-6-12-9;1-2-6(8)7-4-3-5-9-7;6-4-5-2-1-3-7-5;5-4-2-1-3-6-4;1-3(5)7-4(2)6;5*1-2-4-5-3-1;1-3-4-2;2*1-2-3-4;1-2;;;;;;;1-3-2;3*1-2;;;;;;;;/h3-6,8H,1H2,2H3;2-6H,1H2;1-4H;1-3H;1-2H3;2*1-4H2;1-4H;2*1-3H;1,3-4H2,2H3;2*2-3H,1H2;1H,2H2;3*1H4;3*1H;;;;;;;;;;;;/q;-1;;;;;;;3*-1;;;-1;;;;;;;-1;;;;2*+1;4*+2;2*-1/p-3. The van der Waals surface area contributed by atoms with Crippen LogP contribution in [-0.4, -0.2) is 155 Å². The molecule has 9 heterocycles. The topological polar surface area (TPSA) is 162 Å². The molecule has 2 fully saturated rings. The Labute approximate surface area is 859 Å². The maximum Gasteiger partial charge on any atom is 2.00 e. The number of ether oxygens (including phenoxy) is 4. The van der Waals surface area contributed by atoms with Crippen molar-refractivity contribution in [1.82, 2.24) is 0 Å². The number of hydrogen-bond donors (Lipinski definition) is 0. The van der Waals surface area contributed by atoms with Gasteiger partial charge in [0.2, 0.25) is 0 Å². The molecule has 9 rings (SSSR count). The van der Waals surface area contributed by atoms with Gasteiger partial charge in [-0.25, -0.2) is 12.1 Å². The molecule has 2 unspecified atom stereocenters. The molecule has 0 aromatic carbocycles. The number of thiophene rings is 7. The Morgan fingerprint density at radius 1 is 0.624 bits per heavy atom. The van der Waals surface area contributed by atoms with Gasteiger partial charge in [-0.15, -0.1) is 68.8 Å². The van der Waals surface area contributed by atoms with E-state index in [4.69, 9.17) is 23.8 Å². The normalized spacial score (nSPS) is 8.94. The summed E-state index contributed by atoms with van der Waals surface area (Å²) in [5, 5.41) is 32.5. The van der Waals surface area contributed by atoms with Crippen LogP contribution in [0.5, 0.6) is 0 Å². The van der Waals surface area contributed by atoms with Crippen LogP contribution in [0, 0.1) is 24.3 Å². The molecule has 556 valence electrons. The van der Waals surface area contributed by atoms with Gasteiger partial charge in [0.25, 0.3) is 0 Å².